The molecule has 0 radical (unpaired) electrons. The lowest BCUT2D eigenvalue weighted by molar-refractivity contribution is -0.138. The summed E-state index contributed by atoms with van der Waals surface area (Å²) in [5.41, 5.74) is 1.86. The monoisotopic (exact) mass is 288 g/mol. The molecule has 2 N–H and O–H groups in total. The summed E-state index contributed by atoms with van der Waals surface area (Å²) < 4.78 is 36.8. The molecule has 0 aliphatic carbocycles. The predicted octanol–water partition coefficient (Wildman–Crippen LogP) is 3.50. The Morgan fingerprint density at radius 2 is 2.00 bits per heavy atom. The fourth-order valence-electron chi connectivity index (χ4n) is 1.89. The maximum Gasteiger partial charge on any atom is 0.391 e. The van der Waals surface area contributed by atoms with Crippen molar-refractivity contribution in [2.75, 3.05) is 11.9 Å². The fourth-order valence-corrected chi connectivity index (χ4v) is 1.89. The highest BCUT2D eigenvalue weighted by Crippen LogP contribution is 2.22. The number of anilines is 1. The van der Waals surface area contributed by atoms with Crippen molar-refractivity contribution in [2.24, 2.45) is 0 Å². The molecule has 0 aliphatic rings. The predicted molar refractivity (Wildman–Crippen MR) is 72.9 cm³/mol. The van der Waals surface area contributed by atoms with Crippen LogP contribution in [-0.4, -0.2) is 24.7 Å². The van der Waals surface area contributed by atoms with Crippen molar-refractivity contribution in [2.45, 2.75) is 39.4 Å². The first kappa shape index (κ1) is 16.3. The second-order valence-electron chi connectivity index (χ2n) is 4.77. The van der Waals surface area contributed by atoms with E-state index in [9.17, 15) is 18.0 Å². The van der Waals surface area contributed by atoms with Gasteiger partial charge in [0.2, 0.25) is 0 Å². The number of nitrogens with one attached hydrogen (secondary N) is 2. The molecule has 1 atom stereocenters. The zero-order valence-corrected chi connectivity index (χ0v) is 11.8. The normalized spacial score (nSPS) is 12.9. The Balaban J connectivity index is 2.83. The number of amides is 1. The third-order valence-electron chi connectivity index (χ3n) is 2.70. The average molecular weight is 288 g/mol. The van der Waals surface area contributed by atoms with Crippen LogP contribution in [0.15, 0.2) is 18.2 Å². The molecule has 0 aromatic heterocycles. The summed E-state index contributed by atoms with van der Waals surface area (Å²) >= 11 is 0. The molecule has 1 aromatic rings. The number of carbonyl (C=O) groups excluding carboxylic acids is 1. The van der Waals surface area contributed by atoms with Crippen LogP contribution in [0.5, 0.6) is 0 Å². The Bertz CT molecular complexity index is 472. The van der Waals surface area contributed by atoms with E-state index in [-0.39, 0.29) is 0 Å². The van der Waals surface area contributed by atoms with Crippen molar-refractivity contribution in [1.82, 2.24) is 5.32 Å². The lowest BCUT2D eigenvalue weighted by atomic mass is 10.1. The van der Waals surface area contributed by atoms with Crippen LogP contribution in [-0.2, 0) is 0 Å². The molecule has 0 fully saturated rings. The number of halogens is 3. The Morgan fingerprint density at radius 3 is 2.55 bits per heavy atom. The molecular formula is C14H19F3N2O. The molecule has 0 heterocycles. The van der Waals surface area contributed by atoms with Gasteiger partial charge >= 0.3 is 6.18 Å². The molecule has 20 heavy (non-hydrogen) atoms. The summed E-state index contributed by atoms with van der Waals surface area (Å²) in [4.78, 5) is 12.1. The second kappa shape index (κ2) is 6.63. The lowest BCUT2D eigenvalue weighted by Crippen LogP contribution is -2.36. The summed E-state index contributed by atoms with van der Waals surface area (Å²) in [7, 11) is 0. The average Bonchev–Trinajstić information content (AvgIpc) is 2.29. The van der Waals surface area contributed by atoms with Crippen molar-refractivity contribution >= 4 is 11.6 Å². The summed E-state index contributed by atoms with van der Waals surface area (Å²) in [6.45, 7) is 5.68. The lowest BCUT2D eigenvalue weighted by Gasteiger charge is -2.17. The van der Waals surface area contributed by atoms with Crippen molar-refractivity contribution in [3.63, 3.8) is 0 Å². The molecule has 1 aromatic carbocycles. The summed E-state index contributed by atoms with van der Waals surface area (Å²) in [5, 5.41) is 5.40. The molecule has 6 heteroatoms. The Morgan fingerprint density at radius 1 is 1.35 bits per heavy atom. The second-order valence-corrected chi connectivity index (χ2v) is 4.77. The van der Waals surface area contributed by atoms with Gasteiger partial charge in [0.25, 0.3) is 5.91 Å². The van der Waals surface area contributed by atoms with E-state index in [4.69, 9.17) is 0 Å². The van der Waals surface area contributed by atoms with Gasteiger partial charge in [-0.25, -0.2) is 0 Å². The van der Waals surface area contributed by atoms with Crippen molar-refractivity contribution < 1.29 is 18.0 Å². The van der Waals surface area contributed by atoms with Crippen LogP contribution < -0.4 is 10.6 Å². The van der Waals surface area contributed by atoms with Gasteiger partial charge in [0.1, 0.15) is 0 Å². The summed E-state index contributed by atoms with van der Waals surface area (Å²) in [5.74, 6) is -0.499. The van der Waals surface area contributed by atoms with Crippen LogP contribution in [0.4, 0.5) is 18.9 Å². The minimum Gasteiger partial charge on any atom is -0.385 e. The molecule has 1 amide bonds. The highest BCUT2D eigenvalue weighted by atomic mass is 19.4. The van der Waals surface area contributed by atoms with Gasteiger partial charge in [-0.1, -0.05) is 11.6 Å². The van der Waals surface area contributed by atoms with Crippen molar-refractivity contribution in [3.8, 4) is 0 Å². The van der Waals surface area contributed by atoms with E-state index >= 15 is 0 Å². The summed E-state index contributed by atoms with van der Waals surface area (Å²) in [6, 6.07) is 4.29. The number of aryl methyl sites for hydroxylation is 1. The SMILES string of the molecule is CCNc1ccc(C)cc1C(=O)NC(C)CC(F)(F)F. The molecule has 1 unspecified atom stereocenters. The standard InChI is InChI=1S/C14H19F3N2O/c1-4-18-12-6-5-9(2)7-11(12)13(20)19-10(3)8-14(15,16)17/h5-7,10,18H,4,8H2,1-3H3,(H,19,20). The zero-order chi connectivity index (χ0) is 15.3. The number of carbonyl (C=O) groups is 1. The Labute approximate surface area is 116 Å². The number of rotatable bonds is 5. The van der Waals surface area contributed by atoms with E-state index < -0.39 is 24.5 Å². The van der Waals surface area contributed by atoms with Crippen LogP contribution in [0.1, 0.15) is 36.2 Å². The number of hydrogen-bond acceptors (Lipinski definition) is 2. The van der Waals surface area contributed by atoms with Gasteiger partial charge < -0.3 is 10.6 Å². The van der Waals surface area contributed by atoms with Gasteiger partial charge in [0.05, 0.1) is 12.0 Å². The van der Waals surface area contributed by atoms with Gasteiger partial charge in [-0.3, -0.25) is 4.79 Å². The first-order valence-electron chi connectivity index (χ1n) is 6.45. The van der Waals surface area contributed by atoms with E-state index in [0.717, 1.165) is 5.56 Å². The first-order chi connectivity index (χ1) is 9.23. The van der Waals surface area contributed by atoms with Crippen LogP contribution in [0.3, 0.4) is 0 Å². The molecular weight excluding hydrogens is 269 g/mol. The van der Waals surface area contributed by atoms with E-state index in [1.54, 1.807) is 12.1 Å². The van der Waals surface area contributed by atoms with Crippen LogP contribution in [0, 0.1) is 6.92 Å². The maximum atomic E-state index is 12.3. The van der Waals surface area contributed by atoms with Crippen LogP contribution in [0.2, 0.25) is 0 Å². The molecule has 0 saturated heterocycles. The van der Waals surface area contributed by atoms with Crippen molar-refractivity contribution in [3.05, 3.63) is 29.3 Å². The smallest absolute Gasteiger partial charge is 0.385 e. The molecule has 1 rings (SSSR count). The highest BCUT2D eigenvalue weighted by Gasteiger charge is 2.30. The third-order valence-corrected chi connectivity index (χ3v) is 2.70. The van der Waals surface area contributed by atoms with Gasteiger partial charge in [-0.2, -0.15) is 13.2 Å². The van der Waals surface area contributed by atoms with Gasteiger partial charge in [0.15, 0.2) is 0 Å². The van der Waals surface area contributed by atoms with Crippen molar-refractivity contribution in [1.29, 1.82) is 0 Å². The molecule has 3 nitrogen and oxygen atoms in total. The van der Waals surface area contributed by atoms with Crippen LogP contribution >= 0.6 is 0 Å². The number of hydrogen-bond donors (Lipinski definition) is 2. The first-order valence-corrected chi connectivity index (χ1v) is 6.45. The topological polar surface area (TPSA) is 41.1 Å². The Kier molecular flexibility index (Phi) is 5.42. The number of alkyl halides is 3. The quantitative estimate of drug-likeness (QED) is 0.870. The largest absolute Gasteiger partial charge is 0.391 e. The summed E-state index contributed by atoms with van der Waals surface area (Å²) in [6.07, 6.45) is -5.33. The zero-order valence-electron chi connectivity index (χ0n) is 11.8. The molecule has 0 saturated carbocycles. The minimum absolute atomic E-state index is 0.362. The molecule has 0 spiro atoms. The fraction of sp³-hybridized carbons (Fsp3) is 0.500. The Hall–Kier alpha value is -1.72. The minimum atomic E-state index is -4.29. The molecule has 0 aliphatic heterocycles. The number of benzene rings is 1. The van der Waals surface area contributed by atoms with Gasteiger partial charge in [0, 0.05) is 18.3 Å². The van der Waals surface area contributed by atoms with Gasteiger partial charge in [-0.15, -0.1) is 0 Å². The molecule has 112 valence electrons. The third kappa shape index (κ3) is 5.11. The molecule has 0 bridgehead atoms. The van der Waals surface area contributed by atoms with Gasteiger partial charge in [-0.05, 0) is 32.9 Å². The van der Waals surface area contributed by atoms with E-state index in [1.807, 2.05) is 19.9 Å². The highest BCUT2D eigenvalue weighted by molar-refractivity contribution is 6.00. The van der Waals surface area contributed by atoms with E-state index in [1.165, 1.54) is 6.92 Å². The van der Waals surface area contributed by atoms with E-state index in [2.05, 4.69) is 10.6 Å². The van der Waals surface area contributed by atoms with E-state index in [0.29, 0.717) is 17.8 Å². The van der Waals surface area contributed by atoms with Crippen LogP contribution in [0.25, 0.3) is 0 Å². The maximum absolute atomic E-state index is 12.3.